The highest BCUT2D eigenvalue weighted by molar-refractivity contribution is 5.94. The number of hydrazine groups is 1. The van der Waals surface area contributed by atoms with Crippen molar-refractivity contribution in [1.82, 2.24) is 5.43 Å². The molecule has 230 valence electrons. The number of aliphatic hydroxyl groups is 1. The van der Waals surface area contributed by atoms with Gasteiger partial charge in [0, 0.05) is 30.4 Å². The summed E-state index contributed by atoms with van der Waals surface area (Å²) in [5.41, 5.74) is 10.6. The number of anilines is 2. The topological polar surface area (TPSA) is 82.6 Å². The molecule has 6 nitrogen and oxygen atoms in total. The van der Waals surface area contributed by atoms with Crippen molar-refractivity contribution in [2.75, 3.05) is 17.3 Å². The molecule has 0 bridgehead atoms. The van der Waals surface area contributed by atoms with Gasteiger partial charge in [0.15, 0.2) is 0 Å². The molecule has 4 rings (SSSR count). The van der Waals surface area contributed by atoms with Crippen LogP contribution in [0.25, 0.3) is 0 Å². The predicted molar refractivity (Wildman–Crippen MR) is 177 cm³/mol. The molecule has 1 unspecified atom stereocenters. The number of hydrogen-bond donors (Lipinski definition) is 4. The third-order valence-corrected chi connectivity index (χ3v) is 6.74. The van der Waals surface area contributed by atoms with Gasteiger partial charge in [0.2, 0.25) is 0 Å². The number of nitrogens with one attached hydrogen (secondary N) is 3. The first-order chi connectivity index (χ1) is 20.2. The molecule has 42 heavy (non-hydrogen) atoms. The molecule has 1 fully saturated rings. The van der Waals surface area contributed by atoms with Gasteiger partial charge in [0.25, 0.3) is 5.91 Å². The Hall–Kier alpha value is -3.19. The molecule has 1 atom stereocenters. The summed E-state index contributed by atoms with van der Waals surface area (Å²) in [6.07, 6.45) is 8.63. The van der Waals surface area contributed by atoms with E-state index in [1.54, 1.807) is 0 Å². The average Bonchev–Trinajstić information content (AvgIpc) is 2.94. The van der Waals surface area contributed by atoms with Crippen molar-refractivity contribution in [3.63, 3.8) is 0 Å². The molecule has 0 aliphatic heterocycles. The monoisotopic (exact) mass is 575 g/mol. The summed E-state index contributed by atoms with van der Waals surface area (Å²) in [5.74, 6) is -0.239. The van der Waals surface area contributed by atoms with Crippen molar-refractivity contribution >= 4 is 17.3 Å². The van der Waals surface area contributed by atoms with Crippen LogP contribution < -0.4 is 16.2 Å². The van der Waals surface area contributed by atoms with Crippen molar-refractivity contribution < 1.29 is 14.6 Å². The van der Waals surface area contributed by atoms with Crippen LogP contribution in [0.2, 0.25) is 0 Å². The number of ether oxygens (including phenoxy) is 1. The zero-order chi connectivity index (χ0) is 30.6. The first kappa shape index (κ1) is 35.0. The molecular weight excluding hydrogens is 522 g/mol. The zero-order valence-corrected chi connectivity index (χ0v) is 26.4. The summed E-state index contributed by atoms with van der Waals surface area (Å²) < 4.78 is 5.77. The lowest BCUT2D eigenvalue weighted by Gasteiger charge is -2.26. The van der Waals surface area contributed by atoms with E-state index in [1.807, 2.05) is 81.4 Å². The number of amides is 1. The minimum Gasteiger partial charge on any atom is -0.396 e. The molecule has 1 aliphatic carbocycles. The van der Waals surface area contributed by atoms with E-state index in [0.717, 1.165) is 5.69 Å². The van der Waals surface area contributed by atoms with Gasteiger partial charge < -0.3 is 20.6 Å². The van der Waals surface area contributed by atoms with Gasteiger partial charge in [-0.1, -0.05) is 104 Å². The van der Waals surface area contributed by atoms with E-state index in [9.17, 15) is 9.90 Å². The molecule has 1 saturated carbocycles. The molecule has 0 saturated heterocycles. The molecule has 1 amide bonds. The summed E-state index contributed by atoms with van der Waals surface area (Å²) in [7, 11) is 0. The third-order valence-electron chi connectivity index (χ3n) is 6.74. The second-order valence-electron chi connectivity index (χ2n) is 11.9. The van der Waals surface area contributed by atoms with Crippen LogP contribution in [0, 0.1) is 13.8 Å². The number of aryl methyl sites for hydroxylation is 2. The van der Waals surface area contributed by atoms with Crippen molar-refractivity contribution in [2.45, 2.75) is 104 Å². The molecule has 0 heterocycles. The number of carbonyl (C=O) groups excluding carboxylic acids is 1. The fourth-order valence-corrected chi connectivity index (χ4v) is 4.50. The standard InChI is InChI=1S/C22H37N3O3.2C7H8/c1-22(2,3)28-20(15-16-26)21(27)23-17-11-13-19(14-12-17)25-24-18-9-7-5-4-6-8-10-18;2*1-7-5-3-2-4-6-7/h11-14,18,20,24-26H,4-10,15-16H2,1-3H3,(H,23,27);2*2-6H,1H3. The van der Waals surface area contributed by atoms with Crippen LogP contribution in [-0.4, -0.2) is 35.4 Å². The number of hydrogen-bond acceptors (Lipinski definition) is 5. The third kappa shape index (κ3) is 16.3. The smallest absolute Gasteiger partial charge is 0.253 e. The largest absolute Gasteiger partial charge is 0.396 e. The molecular formula is C36H53N3O3. The quantitative estimate of drug-likeness (QED) is 0.204. The molecule has 0 aromatic heterocycles. The molecule has 0 spiro atoms. The molecule has 6 heteroatoms. The second kappa shape index (κ2) is 19.8. The summed E-state index contributed by atoms with van der Waals surface area (Å²) in [6.45, 7) is 9.76. The minimum absolute atomic E-state index is 0.0934. The van der Waals surface area contributed by atoms with Gasteiger partial charge in [-0.05, 0) is 71.7 Å². The van der Waals surface area contributed by atoms with E-state index in [2.05, 4.69) is 54.3 Å². The van der Waals surface area contributed by atoms with E-state index in [1.165, 1.54) is 56.1 Å². The fraction of sp³-hybridized carbons (Fsp3) is 0.472. The number of rotatable bonds is 8. The molecule has 3 aromatic carbocycles. The van der Waals surface area contributed by atoms with Crippen LogP contribution in [0.3, 0.4) is 0 Å². The maximum atomic E-state index is 12.5. The van der Waals surface area contributed by atoms with Gasteiger partial charge in [-0.2, -0.15) is 0 Å². The number of benzene rings is 3. The normalized spacial score (nSPS) is 14.5. The van der Waals surface area contributed by atoms with E-state index in [0.29, 0.717) is 11.7 Å². The van der Waals surface area contributed by atoms with Gasteiger partial charge in [-0.3, -0.25) is 4.79 Å². The van der Waals surface area contributed by atoms with Gasteiger partial charge in [0.1, 0.15) is 6.10 Å². The van der Waals surface area contributed by atoms with Crippen LogP contribution in [0.15, 0.2) is 84.9 Å². The highest BCUT2D eigenvalue weighted by Gasteiger charge is 2.25. The maximum absolute atomic E-state index is 12.5. The van der Waals surface area contributed by atoms with Crippen LogP contribution in [-0.2, 0) is 9.53 Å². The van der Waals surface area contributed by atoms with Crippen molar-refractivity contribution in [2.24, 2.45) is 0 Å². The summed E-state index contributed by atoms with van der Waals surface area (Å²) in [6, 6.07) is 28.7. The highest BCUT2D eigenvalue weighted by atomic mass is 16.5. The Bertz CT molecular complexity index is 1050. The lowest BCUT2D eigenvalue weighted by atomic mass is 9.97. The van der Waals surface area contributed by atoms with Crippen molar-refractivity contribution in [3.05, 3.63) is 96.1 Å². The van der Waals surface area contributed by atoms with Crippen molar-refractivity contribution in [3.8, 4) is 0 Å². The average molecular weight is 576 g/mol. The van der Waals surface area contributed by atoms with Crippen LogP contribution in [0.5, 0.6) is 0 Å². The van der Waals surface area contributed by atoms with Crippen LogP contribution in [0.4, 0.5) is 11.4 Å². The Morgan fingerprint density at radius 1 is 0.786 bits per heavy atom. The Kier molecular flexibility index (Phi) is 16.5. The van der Waals surface area contributed by atoms with Gasteiger partial charge in [-0.15, -0.1) is 0 Å². The SMILES string of the molecule is CC(C)(C)OC(CCO)C(=O)Nc1ccc(NNC2CCCCCCC2)cc1.Cc1ccccc1.Cc1ccccc1. The Morgan fingerprint density at radius 3 is 1.69 bits per heavy atom. The minimum atomic E-state index is -0.677. The second-order valence-corrected chi connectivity index (χ2v) is 11.9. The summed E-state index contributed by atoms with van der Waals surface area (Å²) in [5, 5.41) is 12.1. The maximum Gasteiger partial charge on any atom is 0.253 e. The van der Waals surface area contributed by atoms with E-state index in [-0.39, 0.29) is 18.9 Å². The number of carbonyl (C=O) groups is 1. The molecule has 3 aromatic rings. The molecule has 0 radical (unpaired) electrons. The Balaban J connectivity index is 0.000000354. The molecule has 1 aliphatic rings. The Labute approximate surface area is 254 Å². The number of aliphatic hydroxyl groups excluding tert-OH is 1. The van der Waals surface area contributed by atoms with E-state index < -0.39 is 11.7 Å². The first-order valence-electron chi connectivity index (χ1n) is 15.4. The lowest BCUT2D eigenvalue weighted by Crippen LogP contribution is -2.37. The summed E-state index contributed by atoms with van der Waals surface area (Å²) >= 11 is 0. The Morgan fingerprint density at radius 2 is 1.26 bits per heavy atom. The van der Waals surface area contributed by atoms with E-state index >= 15 is 0 Å². The fourth-order valence-electron chi connectivity index (χ4n) is 4.50. The first-order valence-corrected chi connectivity index (χ1v) is 15.4. The van der Waals surface area contributed by atoms with Crippen LogP contribution in [0.1, 0.15) is 83.3 Å². The zero-order valence-electron chi connectivity index (χ0n) is 26.4. The van der Waals surface area contributed by atoms with Crippen LogP contribution >= 0.6 is 0 Å². The van der Waals surface area contributed by atoms with Gasteiger partial charge in [-0.25, -0.2) is 5.43 Å². The van der Waals surface area contributed by atoms with Gasteiger partial charge in [0.05, 0.1) is 5.60 Å². The molecule has 4 N–H and O–H groups in total. The van der Waals surface area contributed by atoms with E-state index in [4.69, 9.17) is 4.74 Å². The van der Waals surface area contributed by atoms with Gasteiger partial charge >= 0.3 is 0 Å². The van der Waals surface area contributed by atoms with Crippen molar-refractivity contribution in [1.29, 1.82) is 0 Å². The highest BCUT2D eigenvalue weighted by Crippen LogP contribution is 2.19. The summed E-state index contributed by atoms with van der Waals surface area (Å²) in [4.78, 5) is 12.5. The predicted octanol–water partition coefficient (Wildman–Crippen LogP) is 8.21. The lowest BCUT2D eigenvalue weighted by molar-refractivity contribution is -0.138.